The Labute approximate surface area is 113 Å². The Morgan fingerprint density at radius 3 is 2.83 bits per heavy atom. The van der Waals surface area contributed by atoms with E-state index in [-0.39, 0.29) is 0 Å². The minimum Gasteiger partial charge on any atom is -0.312 e. The highest BCUT2D eigenvalue weighted by atomic mass is 32.1. The molecule has 0 radical (unpaired) electrons. The Balaban J connectivity index is 1.44. The highest BCUT2D eigenvalue weighted by molar-refractivity contribution is 7.12. The first-order chi connectivity index (χ1) is 8.92. The second kappa shape index (κ2) is 5.68. The molecule has 2 aromatic rings. The Kier molecular flexibility index (Phi) is 3.77. The predicted octanol–water partition coefficient (Wildman–Crippen LogP) is 3.57. The molecule has 0 atom stereocenters. The van der Waals surface area contributed by atoms with Gasteiger partial charge in [0.05, 0.1) is 0 Å². The van der Waals surface area contributed by atoms with Gasteiger partial charge in [-0.1, -0.05) is 30.3 Å². The Hall–Kier alpha value is -1.12. The van der Waals surface area contributed by atoms with Crippen molar-refractivity contribution in [2.75, 3.05) is 6.54 Å². The van der Waals surface area contributed by atoms with E-state index in [0.717, 1.165) is 19.5 Å². The molecule has 0 spiro atoms. The van der Waals surface area contributed by atoms with Gasteiger partial charge in [-0.3, -0.25) is 0 Å². The van der Waals surface area contributed by atoms with Gasteiger partial charge in [-0.15, -0.1) is 11.3 Å². The molecule has 1 aromatic heterocycles. The molecule has 1 aromatic carbocycles. The van der Waals surface area contributed by atoms with E-state index in [2.05, 4.69) is 41.7 Å². The summed E-state index contributed by atoms with van der Waals surface area (Å²) in [6.07, 6.45) is 5.09. The van der Waals surface area contributed by atoms with Crippen LogP contribution < -0.4 is 5.32 Å². The normalized spacial score (nSPS) is 13.8. The number of hydrogen-bond donors (Lipinski definition) is 1. The molecule has 1 aliphatic rings. The minimum atomic E-state index is 1.03. The van der Waals surface area contributed by atoms with Crippen LogP contribution in [0.1, 0.15) is 27.3 Å². The van der Waals surface area contributed by atoms with Crippen LogP contribution in [-0.4, -0.2) is 6.54 Å². The van der Waals surface area contributed by atoms with E-state index in [1.165, 1.54) is 29.7 Å². The first-order valence-corrected chi connectivity index (χ1v) is 7.58. The topological polar surface area (TPSA) is 12.0 Å². The molecule has 94 valence electrons. The van der Waals surface area contributed by atoms with Gasteiger partial charge in [-0.2, -0.15) is 0 Å². The molecule has 18 heavy (non-hydrogen) atoms. The van der Waals surface area contributed by atoms with Crippen LogP contribution in [0, 0.1) is 0 Å². The molecule has 0 unspecified atom stereocenters. The first kappa shape index (κ1) is 11.9. The van der Waals surface area contributed by atoms with Crippen molar-refractivity contribution in [2.45, 2.75) is 32.2 Å². The van der Waals surface area contributed by atoms with Crippen molar-refractivity contribution in [1.29, 1.82) is 0 Å². The van der Waals surface area contributed by atoms with E-state index >= 15 is 0 Å². The van der Waals surface area contributed by atoms with Crippen molar-refractivity contribution < 1.29 is 0 Å². The van der Waals surface area contributed by atoms with Crippen molar-refractivity contribution in [3.8, 4) is 0 Å². The second-order valence-corrected chi connectivity index (χ2v) is 6.15. The number of fused-ring (bicyclic) bond motifs is 1. The van der Waals surface area contributed by atoms with E-state index in [4.69, 9.17) is 0 Å². The lowest BCUT2D eigenvalue weighted by atomic mass is 10.1. The fraction of sp³-hybridized carbons (Fsp3) is 0.375. The van der Waals surface area contributed by atoms with Gasteiger partial charge in [0.1, 0.15) is 0 Å². The zero-order valence-corrected chi connectivity index (χ0v) is 11.4. The number of rotatable bonds is 5. The molecule has 0 aliphatic heterocycles. The van der Waals surface area contributed by atoms with Crippen molar-refractivity contribution in [3.05, 3.63) is 57.3 Å². The Bertz CT molecular complexity index is 480. The fourth-order valence-electron chi connectivity index (χ4n) is 2.57. The summed E-state index contributed by atoms with van der Waals surface area (Å²) in [5, 5.41) is 3.55. The van der Waals surface area contributed by atoms with Crippen molar-refractivity contribution in [2.24, 2.45) is 0 Å². The number of aryl methyl sites for hydroxylation is 2. The summed E-state index contributed by atoms with van der Waals surface area (Å²) in [7, 11) is 0. The highest BCUT2D eigenvalue weighted by Gasteiger charge is 2.14. The van der Waals surface area contributed by atoms with E-state index in [1.807, 2.05) is 11.3 Å². The maximum absolute atomic E-state index is 3.55. The third-order valence-corrected chi connectivity index (χ3v) is 4.77. The third-order valence-electron chi connectivity index (χ3n) is 3.53. The summed E-state index contributed by atoms with van der Waals surface area (Å²) in [5.41, 5.74) is 3.03. The standard InChI is InChI=1S/C16H19NS/c1-2-5-13(6-3-1)9-10-17-12-15-11-14-7-4-8-16(14)18-15/h1-3,5-6,11,17H,4,7-10,12H2. The van der Waals surface area contributed by atoms with Crippen LogP contribution in [-0.2, 0) is 25.8 Å². The molecule has 1 heterocycles. The molecule has 0 fully saturated rings. The van der Waals surface area contributed by atoms with Crippen LogP contribution in [0.15, 0.2) is 36.4 Å². The summed E-state index contributed by atoms with van der Waals surface area (Å²) in [4.78, 5) is 3.14. The molecule has 1 N–H and O–H groups in total. The molecule has 0 amide bonds. The zero-order chi connectivity index (χ0) is 12.2. The minimum absolute atomic E-state index is 1.03. The molecule has 0 bridgehead atoms. The molecule has 3 rings (SSSR count). The smallest absolute Gasteiger partial charge is 0.0300 e. The number of hydrogen-bond acceptors (Lipinski definition) is 2. The summed E-state index contributed by atoms with van der Waals surface area (Å²) in [6, 6.07) is 13.1. The summed E-state index contributed by atoms with van der Waals surface area (Å²) in [6.45, 7) is 2.09. The van der Waals surface area contributed by atoms with Crippen LogP contribution in [0.25, 0.3) is 0 Å². The SMILES string of the molecule is c1ccc(CCNCc2cc3c(s2)CCC3)cc1. The number of nitrogens with one attached hydrogen (secondary N) is 1. The lowest BCUT2D eigenvalue weighted by Gasteiger charge is -2.03. The van der Waals surface area contributed by atoms with Crippen LogP contribution >= 0.6 is 11.3 Å². The zero-order valence-electron chi connectivity index (χ0n) is 10.6. The average Bonchev–Trinajstić information content (AvgIpc) is 2.96. The maximum atomic E-state index is 3.55. The van der Waals surface area contributed by atoms with Gasteiger partial charge in [0.15, 0.2) is 0 Å². The average molecular weight is 257 g/mol. The van der Waals surface area contributed by atoms with E-state index in [0.29, 0.717) is 0 Å². The van der Waals surface area contributed by atoms with E-state index < -0.39 is 0 Å². The molecular formula is C16H19NS. The first-order valence-electron chi connectivity index (χ1n) is 6.77. The Morgan fingerprint density at radius 2 is 2.00 bits per heavy atom. The Morgan fingerprint density at radius 1 is 1.11 bits per heavy atom. The van der Waals surface area contributed by atoms with Crippen LogP contribution in [0.3, 0.4) is 0 Å². The van der Waals surface area contributed by atoms with Crippen LogP contribution in [0.5, 0.6) is 0 Å². The maximum Gasteiger partial charge on any atom is 0.0300 e. The number of benzene rings is 1. The third kappa shape index (κ3) is 2.82. The van der Waals surface area contributed by atoms with Crippen LogP contribution in [0.4, 0.5) is 0 Å². The predicted molar refractivity (Wildman–Crippen MR) is 78.2 cm³/mol. The summed E-state index contributed by atoms with van der Waals surface area (Å²) < 4.78 is 0. The van der Waals surface area contributed by atoms with Gasteiger partial charge >= 0.3 is 0 Å². The van der Waals surface area contributed by atoms with E-state index in [1.54, 1.807) is 10.4 Å². The molecule has 2 heteroatoms. The van der Waals surface area contributed by atoms with Gasteiger partial charge in [0.25, 0.3) is 0 Å². The molecular weight excluding hydrogens is 238 g/mol. The van der Waals surface area contributed by atoms with Gasteiger partial charge in [0.2, 0.25) is 0 Å². The monoisotopic (exact) mass is 257 g/mol. The summed E-state index contributed by atoms with van der Waals surface area (Å²) >= 11 is 2.01. The molecule has 0 saturated carbocycles. The van der Waals surface area contributed by atoms with Crippen molar-refractivity contribution in [1.82, 2.24) is 5.32 Å². The molecule has 1 nitrogen and oxygen atoms in total. The van der Waals surface area contributed by atoms with Gasteiger partial charge in [0, 0.05) is 16.3 Å². The van der Waals surface area contributed by atoms with Crippen molar-refractivity contribution >= 4 is 11.3 Å². The van der Waals surface area contributed by atoms with Crippen LogP contribution in [0.2, 0.25) is 0 Å². The molecule has 0 saturated heterocycles. The van der Waals surface area contributed by atoms with Gasteiger partial charge < -0.3 is 5.32 Å². The highest BCUT2D eigenvalue weighted by Crippen LogP contribution is 2.30. The van der Waals surface area contributed by atoms with Gasteiger partial charge in [-0.25, -0.2) is 0 Å². The van der Waals surface area contributed by atoms with Crippen molar-refractivity contribution in [3.63, 3.8) is 0 Å². The largest absolute Gasteiger partial charge is 0.312 e. The number of thiophene rings is 1. The lowest BCUT2D eigenvalue weighted by molar-refractivity contribution is 0.693. The fourth-order valence-corrected chi connectivity index (χ4v) is 3.80. The molecule has 1 aliphatic carbocycles. The van der Waals surface area contributed by atoms with Gasteiger partial charge in [-0.05, 0) is 49.4 Å². The summed E-state index contributed by atoms with van der Waals surface area (Å²) in [5.74, 6) is 0. The second-order valence-electron chi connectivity index (χ2n) is 4.93. The quantitative estimate of drug-likeness (QED) is 0.807. The van der Waals surface area contributed by atoms with E-state index in [9.17, 15) is 0 Å². The lowest BCUT2D eigenvalue weighted by Crippen LogP contribution is -2.15.